The number of hydrogen-bond donors (Lipinski definition) is 1. The van der Waals surface area contributed by atoms with E-state index < -0.39 is 0 Å². The molecule has 0 fully saturated rings. The van der Waals surface area contributed by atoms with Crippen molar-refractivity contribution in [2.45, 2.75) is 48.5 Å². The first kappa shape index (κ1) is 17.0. The number of aromatic nitrogens is 1. The van der Waals surface area contributed by atoms with Crippen LogP contribution >= 0.6 is 0 Å². The predicted molar refractivity (Wildman–Crippen MR) is 94.6 cm³/mol. The standard InChI is InChI=1S/C19H24N2O2/c1-10-8-17(21(18(23)9-10)20-16(7)22)19-14(5)12(3)11(2)13(4)15(19)6/h8-9H,1-7H3,(H,20,22). The maximum atomic E-state index is 12.4. The highest BCUT2D eigenvalue weighted by Gasteiger charge is 2.18. The van der Waals surface area contributed by atoms with Crippen LogP contribution in [-0.4, -0.2) is 10.6 Å². The van der Waals surface area contributed by atoms with E-state index in [1.165, 1.54) is 34.4 Å². The predicted octanol–water partition coefficient (Wildman–Crippen LogP) is 3.46. The zero-order valence-corrected chi connectivity index (χ0v) is 14.9. The Morgan fingerprint density at radius 2 is 1.35 bits per heavy atom. The van der Waals surface area contributed by atoms with Crippen LogP contribution in [0.4, 0.5) is 0 Å². The van der Waals surface area contributed by atoms with Crippen LogP contribution in [0.25, 0.3) is 11.3 Å². The molecule has 0 saturated carbocycles. The van der Waals surface area contributed by atoms with Gasteiger partial charge in [-0.2, -0.15) is 0 Å². The van der Waals surface area contributed by atoms with Gasteiger partial charge in [0.2, 0.25) is 5.91 Å². The van der Waals surface area contributed by atoms with Crippen molar-refractivity contribution >= 4 is 5.91 Å². The second-order valence-electron chi connectivity index (χ2n) is 6.26. The Bertz CT molecular complexity index is 832. The van der Waals surface area contributed by atoms with Gasteiger partial charge in [0.25, 0.3) is 5.56 Å². The minimum Gasteiger partial charge on any atom is -0.274 e. The number of amides is 1. The van der Waals surface area contributed by atoms with E-state index in [0.29, 0.717) is 0 Å². The highest BCUT2D eigenvalue weighted by Crippen LogP contribution is 2.33. The normalized spacial score (nSPS) is 10.7. The van der Waals surface area contributed by atoms with E-state index in [2.05, 4.69) is 40.0 Å². The highest BCUT2D eigenvalue weighted by molar-refractivity contribution is 5.82. The maximum Gasteiger partial charge on any atom is 0.270 e. The number of nitrogens with one attached hydrogen (secondary N) is 1. The van der Waals surface area contributed by atoms with Crippen molar-refractivity contribution in [2.75, 3.05) is 5.43 Å². The molecule has 0 unspecified atom stereocenters. The molecule has 1 N–H and O–H groups in total. The molecule has 0 radical (unpaired) electrons. The Labute approximate surface area is 137 Å². The van der Waals surface area contributed by atoms with E-state index in [-0.39, 0.29) is 11.5 Å². The Hall–Kier alpha value is -2.36. The van der Waals surface area contributed by atoms with Gasteiger partial charge in [-0.15, -0.1) is 0 Å². The number of aryl methyl sites for hydroxylation is 1. The van der Waals surface area contributed by atoms with Crippen molar-refractivity contribution in [3.8, 4) is 11.3 Å². The van der Waals surface area contributed by atoms with E-state index in [4.69, 9.17) is 0 Å². The summed E-state index contributed by atoms with van der Waals surface area (Å²) in [6, 6.07) is 3.47. The van der Waals surface area contributed by atoms with Crippen molar-refractivity contribution < 1.29 is 4.79 Å². The van der Waals surface area contributed by atoms with Gasteiger partial charge in [-0.3, -0.25) is 15.0 Å². The molecule has 0 aliphatic heterocycles. The minimum atomic E-state index is -0.270. The number of benzene rings is 1. The minimum absolute atomic E-state index is 0.232. The van der Waals surface area contributed by atoms with Gasteiger partial charge in [-0.25, -0.2) is 4.68 Å². The first-order valence-electron chi connectivity index (χ1n) is 7.73. The van der Waals surface area contributed by atoms with E-state index >= 15 is 0 Å². The van der Waals surface area contributed by atoms with Crippen molar-refractivity contribution in [2.24, 2.45) is 0 Å². The Balaban J connectivity index is 2.93. The number of nitrogens with zero attached hydrogens (tertiary/aromatic N) is 1. The lowest BCUT2D eigenvalue weighted by Gasteiger charge is -2.22. The zero-order valence-electron chi connectivity index (χ0n) is 14.9. The maximum absolute atomic E-state index is 12.4. The summed E-state index contributed by atoms with van der Waals surface area (Å²) in [5.74, 6) is -0.270. The van der Waals surface area contributed by atoms with Crippen LogP contribution in [0.3, 0.4) is 0 Å². The van der Waals surface area contributed by atoms with Crippen LogP contribution in [0.2, 0.25) is 0 Å². The van der Waals surface area contributed by atoms with Crippen LogP contribution in [0.5, 0.6) is 0 Å². The lowest BCUT2D eigenvalue weighted by molar-refractivity contribution is -0.115. The van der Waals surface area contributed by atoms with Gasteiger partial charge in [-0.1, -0.05) is 0 Å². The van der Waals surface area contributed by atoms with Gasteiger partial charge >= 0.3 is 0 Å². The number of pyridine rings is 1. The van der Waals surface area contributed by atoms with Crippen LogP contribution in [-0.2, 0) is 4.79 Å². The third-order valence-corrected chi connectivity index (χ3v) is 4.70. The lowest BCUT2D eigenvalue weighted by Crippen LogP contribution is -2.33. The molecule has 1 heterocycles. The fourth-order valence-electron chi connectivity index (χ4n) is 3.04. The van der Waals surface area contributed by atoms with Gasteiger partial charge in [0.05, 0.1) is 5.69 Å². The first-order chi connectivity index (χ1) is 10.6. The van der Waals surface area contributed by atoms with E-state index in [0.717, 1.165) is 27.9 Å². The first-order valence-corrected chi connectivity index (χ1v) is 7.73. The van der Waals surface area contributed by atoms with Crippen LogP contribution < -0.4 is 11.0 Å². The Kier molecular flexibility index (Phi) is 4.46. The van der Waals surface area contributed by atoms with E-state index in [9.17, 15) is 9.59 Å². The second-order valence-corrected chi connectivity index (χ2v) is 6.26. The van der Waals surface area contributed by atoms with Gasteiger partial charge in [0.1, 0.15) is 0 Å². The molecule has 4 heteroatoms. The number of carbonyl (C=O) groups is 1. The van der Waals surface area contributed by atoms with Crippen LogP contribution in [0.15, 0.2) is 16.9 Å². The summed E-state index contributed by atoms with van der Waals surface area (Å²) in [6.45, 7) is 13.7. The molecule has 23 heavy (non-hydrogen) atoms. The monoisotopic (exact) mass is 312 g/mol. The summed E-state index contributed by atoms with van der Waals surface area (Å²) in [4.78, 5) is 23.9. The van der Waals surface area contributed by atoms with Crippen molar-refractivity contribution in [3.63, 3.8) is 0 Å². The largest absolute Gasteiger partial charge is 0.274 e. The molecule has 0 spiro atoms. The average Bonchev–Trinajstić information content (AvgIpc) is 2.46. The summed E-state index contributed by atoms with van der Waals surface area (Å²) in [5, 5.41) is 0. The molecule has 122 valence electrons. The zero-order chi connectivity index (χ0) is 17.5. The summed E-state index contributed by atoms with van der Waals surface area (Å²) < 4.78 is 1.35. The number of carbonyl (C=O) groups excluding carboxylic acids is 1. The second kappa shape index (κ2) is 6.03. The third-order valence-electron chi connectivity index (χ3n) is 4.70. The molecule has 1 aromatic heterocycles. The van der Waals surface area contributed by atoms with E-state index in [1.807, 2.05) is 13.0 Å². The molecule has 2 aromatic rings. The Morgan fingerprint density at radius 3 is 1.83 bits per heavy atom. The topological polar surface area (TPSA) is 51.1 Å². The van der Waals surface area contributed by atoms with Crippen LogP contribution in [0.1, 0.15) is 40.3 Å². The molecule has 0 bridgehead atoms. The van der Waals surface area contributed by atoms with Gasteiger partial charge in [0, 0.05) is 18.6 Å². The van der Waals surface area contributed by atoms with Crippen molar-refractivity contribution in [1.29, 1.82) is 0 Å². The van der Waals surface area contributed by atoms with Crippen molar-refractivity contribution in [1.82, 2.24) is 4.68 Å². The molecular weight excluding hydrogens is 288 g/mol. The smallest absolute Gasteiger partial charge is 0.270 e. The van der Waals surface area contributed by atoms with Gasteiger partial charge in [0.15, 0.2) is 0 Å². The van der Waals surface area contributed by atoms with Gasteiger partial charge in [-0.05, 0) is 81.0 Å². The molecule has 0 saturated heterocycles. The number of rotatable bonds is 2. The SMILES string of the molecule is CC(=O)Nn1c(-c2c(C)c(C)c(C)c(C)c2C)cc(C)cc1=O. The average molecular weight is 312 g/mol. The molecule has 0 aliphatic carbocycles. The molecule has 4 nitrogen and oxygen atoms in total. The molecule has 1 amide bonds. The molecule has 2 rings (SSSR count). The Morgan fingerprint density at radius 1 is 0.870 bits per heavy atom. The van der Waals surface area contributed by atoms with E-state index in [1.54, 1.807) is 0 Å². The molecule has 0 atom stereocenters. The van der Waals surface area contributed by atoms with Crippen LogP contribution in [0, 0.1) is 41.5 Å². The lowest BCUT2D eigenvalue weighted by atomic mass is 9.88. The van der Waals surface area contributed by atoms with Crippen molar-refractivity contribution in [3.05, 3.63) is 55.9 Å². The molecular formula is C19H24N2O2. The number of hydrogen-bond acceptors (Lipinski definition) is 2. The summed E-state index contributed by atoms with van der Waals surface area (Å²) in [6.07, 6.45) is 0. The highest BCUT2D eigenvalue weighted by atomic mass is 16.2. The fraction of sp³-hybridized carbons (Fsp3) is 0.368. The quantitative estimate of drug-likeness (QED) is 0.923. The van der Waals surface area contributed by atoms with Gasteiger partial charge < -0.3 is 0 Å². The summed E-state index contributed by atoms with van der Waals surface area (Å²) in [5.41, 5.74) is 11.0. The summed E-state index contributed by atoms with van der Waals surface area (Å²) >= 11 is 0. The fourth-order valence-corrected chi connectivity index (χ4v) is 3.04. The molecule has 1 aromatic carbocycles. The third kappa shape index (κ3) is 2.93. The molecule has 0 aliphatic rings. The summed E-state index contributed by atoms with van der Waals surface area (Å²) in [7, 11) is 0.